The summed E-state index contributed by atoms with van der Waals surface area (Å²) in [6.07, 6.45) is 3.41. The van der Waals surface area contributed by atoms with E-state index < -0.39 is 0 Å². The van der Waals surface area contributed by atoms with E-state index in [0.717, 1.165) is 12.8 Å². The zero-order chi connectivity index (χ0) is 10.8. The fourth-order valence-corrected chi connectivity index (χ4v) is 2.54. The lowest BCUT2D eigenvalue weighted by atomic mass is 9.76. The summed E-state index contributed by atoms with van der Waals surface area (Å²) in [5.74, 6) is 1.03. The predicted octanol–water partition coefficient (Wildman–Crippen LogP) is 2.44. The Morgan fingerprint density at radius 1 is 1.47 bits per heavy atom. The first kappa shape index (κ1) is 10.5. The highest BCUT2D eigenvalue weighted by molar-refractivity contribution is 5.39. The quantitative estimate of drug-likeness (QED) is 0.780. The number of rotatable bonds is 2. The highest BCUT2D eigenvalue weighted by Crippen LogP contribution is 2.38. The number of hydrogen-bond donors (Lipinski definition) is 2. The van der Waals surface area contributed by atoms with Crippen LogP contribution >= 0.6 is 0 Å². The van der Waals surface area contributed by atoms with E-state index in [1.807, 2.05) is 12.1 Å². The lowest BCUT2D eigenvalue weighted by Gasteiger charge is -2.29. The number of aryl methyl sites for hydroxylation is 1. The van der Waals surface area contributed by atoms with Gasteiger partial charge in [0.1, 0.15) is 5.75 Å². The van der Waals surface area contributed by atoms with Gasteiger partial charge in [-0.25, -0.2) is 0 Å². The van der Waals surface area contributed by atoms with Crippen LogP contribution < -0.4 is 0 Å². The second kappa shape index (κ2) is 4.23. The van der Waals surface area contributed by atoms with Crippen LogP contribution in [0.15, 0.2) is 18.2 Å². The van der Waals surface area contributed by atoms with Crippen LogP contribution in [0.3, 0.4) is 0 Å². The summed E-state index contributed by atoms with van der Waals surface area (Å²) >= 11 is 0. The Hall–Kier alpha value is -1.02. The number of fused-ring (bicyclic) bond motifs is 1. The van der Waals surface area contributed by atoms with Crippen LogP contribution in [0.5, 0.6) is 5.75 Å². The monoisotopic (exact) mass is 206 g/mol. The van der Waals surface area contributed by atoms with Crippen molar-refractivity contribution in [2.75, 3.05) is 6.61 Å². The first-order valence-corrected chi connectivity index (χ1v) is 5.65. The maximum Gasteiger partial charge on any atom is 0.115 e. The summed E-state index contributed by atoms with van der Waals surface area (Å²) in [7, 11) is 0. The zero-order valence-electron chi connectivity index (χ0n) is 9.11. The topological polar surface area (TPSA) is 40.5 Å². The molecule has 2 heteroatoms. The van der Waals surface area contributed by atoms with Crippen LogP contribution in [-0.4, -0.2) is 16.8 Å². The molecule has 2 nitrogen and oxygen atoms in total. The van der Waals surface area contributed by atoms with Crippen molar-refractivity contribution >= 4 is 0 Å². The molecule has 2 rings (SSSR count). The molecule has 1 aromatic rings. The zero-order valence-corrected chi connectivity index (χ0v) is 9.11. The summed E-state index contributed by atoms with van der Waals surface area (Å²) in [6, 6.07) is 5.64. The molecule has 0 amide bonds. The van der Waals surface area contributed by atoms with Crippen molar-refractivity contribution in [1.29, 1.82) is 0 Å². The minimum absolute atomic E-state index is 0.222. The highest BCUT2D eigenvalue weighted by Gasteiger charge is 2.24. The minimum Gasteiger partial charge on any atom is -0.508 e. The van der Waals surface area contributed by atoms with E-state index in [-0.39, 0.29) is 12.5 Å². The normalized spacial score (nSPS) is 22.1. The third-order valence-corrected chi connectivity index (χ3v) is 3.47. The second-order valence-corrected chi connectivity index (χ2v) is 4.54. The lowest BCUT2D eigenvalue weighted by Crippen LogP contribution is -2.18. The first-order valence-electron chi connectivity index (χ1n) is 5.65. The molecule has 0 fully saturated rings. The third kappa shape index (κ3) is 2.00. The average Bonchev–Trinajstić information content (AvgIpc) is 2.27. The minimum atomic E-state index is 0.222. The van der Waals surface area contributed by atoms with Crippen molar-refractivity contribution in [2.24, 2.45) is 5.92 Å². The molecule has 0 spiro atoms. The molecule has 0 bridgehead atoms. The Bertz CT molecular complexity index is 346. The molecule has 0 aliphatic heterocycles. The highest BCUT2D eigenvalue weighted by atomic mass is 16.3. The summed E-state index contributed by atoms with van der Waals surface area (Å²) < 4.78 is 0. The van der Waals surface area contributed by atoms with Crippen molar-refractivity contribution in [1.82, 2.24) is 0 Å². The van der Waals surface area contributed by atoms with Gasteiger partial charge in [-0.15, -0.1) is 0 Å². The number of phenolic OH excluding ortho intramolecular Hbond substituents is 1. The molecule has 0 aromatic heterocycles. The summed E-state index contributed by atoms with van der Waals surface area (Å²) in [4.78, 5) is 0. The molecular weight excluding hydrogens is 188 g/mol. The van der Waals surface area contributed by atoms with Crippen LogP contribution in [0.4, 0.5) is 0 Å². The van der Waals surface area contributed by atoms with E-state index in [0.29, 0.717) is 11.7 Å². The van der Waals surface area contributed by atoms with E-state index in [1.54, 1.807) is 6.07 Å². The van der Waals surface area contributed by atoms with Gasteiger partial charge in [-0.05, 0) is 54.4 Å². The SMILES string of the molecule is CC(CO)C1CCCc2ccc(O)cc21. The maximum absolute atomic E-state index is 9.50. The van der Waals surface area contributed by atoms with E-state index >= 15 is 0 Å². The average molecular weight is 206 g/mol. The molecule has 2 unspecified atom stereocenters. The summed E-state index contributed by atoms with van der Waals surface area (Å²) in [6.45, 7) is 2.30. The Morgan fingerprint density at radius 3 is 3.00 bits per heavy atom. The van der Waals surface area contributed by atoms with Crippen molar-refractivity contribution < 1.29 is 10.2 Å². The molecule has 2 N–H and O–H groups in total. The number of aromatic hydroxyl groups is 1. The molecule has 1 aliphatic carbocycles. The standard InChI is InChI=1S/C13H18O2/c1-9(8-14)12-4-2-3-10-5-6-11(15)7-13(10)12/h5-7,9,12,14-15H,2-4,8H2,1H3. The van der Waals surface area contributed by atoms with Gasteiger partial charge in [0.25, 0.3) is 0 Å². The molecule has 0 radical (unpaired) electrons. The van der Waals surface area contributed by atoms with Crippen LogP contribution in [0, 0.1) is 5.92 Å². The molecule has 0 saturated carbocycles. The second-order valence-electron chi connectivity index (χ2n) is 4.54. The van der Waals surface area contributed by atoms with E-state index in [2.05, 4.69) is 6.92 Å². The Kier molecular flexibility index (Phi) is 2.96. The smallest absolute Gasteiger partial charge is 0.115 e. The number of aliphatic hydroxyl groups is 1. The van der Waals surface area contributed by atoms with Crippen LogP contribution in [-0.2, 0) is 6.42 Å². The van der Waals surface area contributed by atoms with Crippen molar-refractivity contribution in [3.05, 3.63) is 29.3 Å². The van der Waals surface area contributed by atoms with E-state index in [4.69, 9.17) is 0 Å². The van der Waals surface area contributed by atoms with Gasteiger partial charge in [0, 0.05) is 6.61 Å². The molecule has 1 aromatic carbocycles. The fraction of sp³-hybridized carbons (Fsp3) is 0.538. The molecule has 0 saturated heterocycles. The molecule has 82 valence electrons. The van der Waals surface area contributed by atoms with Crippen molar-refractivity contribution in [3.8, 4) is 5.75 Å². The van der Waals surface area contributed by atoms with E-state index in [9.17, 15) is 10.2 Å². The molecule has 1 aliphatic rings. The van der Waals surface area contributed by atoms with E-state index in [1.165, 1.54) is 17.5 Å². The summed E-state index contributed by atoms with van der Waals surface area (Å²) in [5.41, 5.74) is 2.58. The Morgan fingerprint density at radius 2 is 2.27 bits per heavy atom. The molecular formula is C13H18O2. The molecule has 0 heterocycles. The van der Waals surface area contributed by atoms with Crippen LogP contribution in [0.1, 0.15) is 36.8 Å². The van der Waals surface area contributed by atoms with Gasteiger partial charge in [0.15, 0.2) is 0 Å². The fourth-order valence-electron chi connectivity index (χ4n) is 2.54. The number of benzene rings is 1. The number of aliphatic hydroxyl groups excluding tert-OH is 1. The molecule has 15 heavy (non-hydrogen) atoms. The predicted molar refractivity (Wildman–Crippen MR) is 60.0 cm³/mol. The van der Waals surface area contributed by atoms with Crippen molar-refractivity contribution in [2.45, 2.75) is 32.1 Å². The van der Waals surface area contributed by atoms with Crippen LogP contribution in [0.25, 0.3) is 0 Å². The van der Waals surface area contributed by atoms with Crippen molar-refractivity contribution in [3.63, 3.8) is 0 Å². The summed E-state index contributed by atoms with van der Waals surface area (Å²) in [5, 5.41) is 18.7. The van der Waals surface area contributed by atoms with Gasteiger partial charge in [0.05, 0.1) is 0 Å². The number of phenols is 1. The van der Waals surface area contributed by atoms with Crippen LogP contribution in [0.2, 0.25) is 0 Å². The first-order chi connectivity index (χ1) is 7.22. The van der Waals surface area contributed by atoms with Gasteiger partial charge < -0.3 is 10.2 Å². The van der Waals surface area contributed by atoms with Gasteiger partial charge in [0.2, 0.25) is 0 Å². The third-order valence-electron chi connectivity index (χ3n) is 3.47. The largest absolute Gasteiger partial charge is 0.508 e. The Balaban J connectivity index is 2.36. The number of hydrogen-bond acceptors (Lipinski definition) is 2. The van der Waals surface area contributed by atoms with Gasteiger partial charge in [-0.2, -0.15) is 0 Å². The van der Waals surface area contributed by atoms with Gasteiger partial charge >= 0.3 is 0 Å². The van der Waals surface area contributed by atoms with Gasteiger partial charge in [-0.1, -0.05) is 13.0 Å². The Labute approximate surface area is 90.6 Å². The van der Waals surface area contributed by atoms with Gasteiger partial charge in [-0.3, -0.25) is 0 Å². The molecule has 2 atom stereocenters. The maximum atomic E-state index is 9.50. The lowest BCUT2D eigenvalue weighted by molar-refractivity contribution is 0.207.